The number of benzene rings is 2. The molecule has 9 nitrogen and oxygen atoms in total. The van der Waals surface area contributed by atoms with Crippen molar-refractivity contribution in [3.05, 3.63) is 53.9 Å². The molecule has 2 aromatic carbocycles. The molecular formula is C21H22N4O5S. The molecule has 1 fully saturated rings. The Morgan fingerprint density at radius 3 is 2.77 bits per heavy atom. The fraction of sp³-hybridized carbons (Fsp3) is 0.286. The molecular weight excluding hydrogens is 420 g/mol. The molecule has 0 saturated carbocycles. The number of methoxy groups -OCH3 is 1. The van der Waals surface area contributed by atoms with Gasteiger partial charge in [0.1, 0.15) is 5.75 Å². The van der Waals surface area contributed by atoms with Crippen LogP contribution in [0, 0.1) is 6.92 Å². The molecule has 3 aromatic rings. The van der Waals surface area contributed by atoms with Crippen LogP contribution >= 0.6 is 0 Å². The van der Waals surface area contributed by atoms with Crippen molar-refractivity contribution < 1.29 is 22.5 Å². The summed E-state index contributed by atoms with van der Waals surface area (Å²) in [5.74, 6) is 1.18. The Morgan fingerprint density at radius 1 is 1.23 bits per heavy atom. The van der Waals surface area contributed by atoms with Gasteiger partial charge in [-0.2, -0.15) is 4.98 Å². The number of aryl methyl sites for hydroxylation is 1. The molecule has 0 aliphatic carbocycles. The number of carbonyl (C=O) groups excluding carboxylic acids is 1. The second-order valence-electron chi connectivity index (χ2n) is 7.17. The molecule has 1 aromatic heterocycles. The number of hydrogen-bond donors (Lipinski definition) is 1. The Morgan fingerprint density at radius 2 is 2.06 bits per heavy atom. The SMILES string of the molecule is COc1cccc(-c2noc(CNS(=O)(=O)c3ccc(N4CCCC4=O)c(C)c3)n2)c1. The molecule has 0 bridgehead atoms. The number of ether oxygens (including phenoxy) is 1. The van der Waals surface area contributed by atoms with Crippen LogP contribution in [-0.2, 0) is 21.4 Å². The highest BCUT2D eigenvalue weighted by Crippen LogP contribution is 2.27. The topological polar surface area (TPSA) is 115 Å². The van der Waals surface area contributed by atoms with E-state index in [1.54, 1.807) is 55.3 Å². The average Bonchev–Trinajstić information content (AvgIpc) is 3.41. The highest BCUT2D eigenvalue weighted by Gasteiger charge is 2.24. The molecule has 4 rings (SSSR count). The van der Waals surface area contributed by atoms with Crippen LogP contribution in [0.4, 0.5) is 5.69 Å². The third-order valence-electron chi connectivity index (χ3n) is 5.05. The van der Waals surface area contributed by atoms with Gasteiger partial charge in [0.15, 0.2) is 0 Å². The lowest BCUT2D eigenvalue weighted by Crippen LogP contribution is -2.26. The summed E-state index contributed by atoms with van der Waals surface area (Å²) >= 11 is 0. The molecule has 1 N–H and O–H groups in total. The summed E-state index contributed by atoms with van der Waals surface area (Å²) in [6.45, 7) is 2.29. The van der Waals surface area contributed by atoms with Crippen LogP contribution < -0.4 is 14.4 Å². The lowest BCUT2D eigenvalue weighted by atomic mass is 10.2. The van der Waals surface area contributed by atoms with Crippen LogP contribution in [0.5, 0.6) is 5.75 Å². The van der Waals surface area contributed by atoms with Crippen LogP contribution in [0.3, 0.4) is 0 Å². The Kier molecular flexibility index (Phi) is 5.75. The minimum atomic E-state index is -3.80. The Balaban J connectivity index is 1.46. The number of rotatable bonds is 7. The minimum Gasteiger partial charge on any atom is -0.497 e. The molecule has 162 valence electrons. The van der Waals surface area contributed by atoms with Gasteiger partial charge >= 0.3 is 0 Å². The highest BCUT2D eigenvalue weighted by atomic mass is 32.2. The standard InChI is InChI=1S/C21H22N4O5S/c1-14-11-17(8-9-18(14)25-10-4-7-20(25)26)31(27,28)22-13-19-23-21(24-30-19)15-5-3-6-16(12-15)29-2/h3,5-6,8-9,11-12,22H,4,7,10,13H2,1-2H3. The fourth-order valence-corrected chi connectivity index (χ4v) is 4.51. The predicted octanol–water partition coefficient (Wildman–Crippen LogP) is 2.66. The van der Waals surface area contributed by atoms with Crippen molar-refractivity contribution in [3.63, 3.8) is 0 Å². The summed E-state index contributed by atoms with van der Waals surface area (Å²) in [4.78, 5) is 18.0. The van der Waals surface area contributed by atoms with Crippen molar-refractivity contribution in [1.29, 1.82) is 0 Å². The van der Waals surface area contributed by atoms with E-state index in [1.165, 1.54) is 6.07 Å². The predicted molar refractivity (Wildman–Crippen MR) is 113 cm³/mol. The second kappa shape index (κ2) is 8.48. The van der Waals surface area contributed by atoms with Crippen molar-refractivity contribution in [2.45, 2.75) is 31.2 Å². The van der Waals surface area contributed by atoms with Crippen LogP contribution in [0.2, 0.25) is 0 Å². The van der Waals surface area contributed by atoms with E-state index in [2.05, 4.69) is 14.9 Å². The lowest BCUT2D eigenvalue weighted by molar-refractivity contribution is -0.117. The zero-order chi connectivity index (χ0) is 22.0. The second-order valence-corrected chi connectivity index (χ2v) is 8.93. The highest BCUT2D eigenvalue weighted by molar-refractivity contribution is 7.89. The molecule has 0 radical (unpaired) electrons. The van der Waals surface area contributed by atoms with Gasteiger partial charge < -0.3 is 14.2 Å². The first kappa shape index (κ1) is 21.0. The van der Waals surface area contributed by atoms with Crippen molar-refractivity contribution in [3.8, 4) is 17.1 Å². The van der Waals surface area contributed by atoms with Crippen molar-refractivity contribution in [2.75, 3.05) is 18.6 Å². The molecule has 1 saturated heterocycles. The van der Waals surface area contributed by atoms with Gasteiger partial charge in [0, 0.05) is 24.2 Å². The fourth-order valence-electron chi connectivity index (χ4n) is 3.45. The van der Waals surface area contributed by atoms with Gasteiger partial charge in [-0.15, -0.1) is 0 Å². The number of carbonyl (C=O) groups is 1. The number of nitrogens with zero attached hydrogens (tertiary/aromatic N) is 3. The Labute approximate surface area is 180 Å². The molecule has 1 aliphatic rings. The third kappa shape index (κ3) is 4.44. The number of amides is 1. The van der Waals surface area contributed by atoms with Crippen LogP contribution in [0.1, 0.15) is 24.3 Å². The maximum absolute atomic E-state index is 12.7. The summed E-state index contributed by atoms with van der Waals surface area (Å²) in [5.41, 5.74) is 2.15. The smallest absolute Gasteiger partial charge is 0.242 e. The summed E-state index contributed by atoms with van der Waals surface area (Å²) in [6, 6.07) is 11.9. The van der Waals surface area contributed by atoms with Gasteiger partial charge in [0.05, 0.1) is 18.6 Å². The summed E-state index contributed by atoms with van der Waals surface area (Å²) < 4.78 is 38.3. The number of hydrogen-bond acceptors (Lipinski definition) is 7. The maximum atomic E-state index is 12.7. The molecule has 31 heavy (non-hydrogen) atoms. The lowest BCUT2D eigenvalue weighted by Gasteiger charge is -2.19. The van der Waals surface area contributed by atoms with Crippen LogP contribution in [0.15, 0.2) is 51.9 Å². The van der Waals surface area contributed by atoms with Crippen molar-refractivity contribution >= 4 is 21.6 Å². The molecule has 1 amide bonds. The van der Waals surface area contributed by atoms with Gasteiger partial charge in [0.25, 0.3) is 0 Å². The van der Waals surface area contributed by atoms with Gasteiger partial charge in [-0.05, 0) is 49.2 Å². The monoisotopic (exact) mass is 442 g/mol. The van der Waals surface area contributed by atoms with E-state index in [0.717, 1.165) is 17.7 Å². The van der Waals surface area contributed by atoms with E-state index in [4.69, 9.17) is 9.26 Å². The average molecular weight is 442 g/mol. The Bertz CT molecular complexity index is 1220. The minimum absolute atomic E-state index is 0.0556. The van der Waals surface area contributed by atoms with Crippen LogP contribution in [0.25, 0.3) is 11.4 Å². The zero-order valence-electron chi connectivity index (χ0n) is 17.2. The number of aromatic nitrogens is 2. The molecule has 1 aliphatic heterocycles. The summed E-state index contributed by atoms with van der Waals surface area (Å²) in [7, 11) is -2.24. The first-order valence-corrected chi connectivity index (χ1v) is 11.2. The third-order valence-corrected chi connectivity index (χ3v) is 6.45. The van der Waals surface area contributed by atoms with E-state index < -0.39 is 10.0 Å². The van der Waals surface area contributed by atoms with Gasteiger partial charge in [0.2, 0.25) is 27.6 Å². The first-order valence-electron chi connectivity index (χ1n) is 9.75. The molecule has 2 heterocycles. The number of nitrogens with one attached hydrogen (secondary N) is 1. The van der Waals surface area contributed by atoms with E-state index >= 15 is 0 Å². The molecule has 0 unspecified atom stereocenters. The van der Waals surface area contributed by atoms with E-state index in [9.17, 15) is 13.2 Å². The molecule has 0 spiro atoms. The van der Waals surface area contributed by atoms with Crippen molar-refractivity contribution in [2.24, 2.45) is 0 Å². The number of sulfonamides is 1. The largest absolute Gasteiger partial charge is 0.497 e. The first-order chi connectivity index (χ1) is 14.9. The van der Waals surface area contributed by atoms with Crippen molar-refractivity contribution in [1.82, 2.24) is 14.9 Å². The quantitative estimate of drug-likeness (QED) is 0.598. The van der Waals surface area contributed by atoms with Crippen LogP contribution in [-0.4, -0.2) is 38.1 Å². The van der Waals surface area contributed by atoms with Gasteiger partial charge in [-0.25, -0.2) is 13.1 Å². The summed E-state index contributed by atoms with van der Waals surface area (Å²) in [6.07, 6.45) is 1.32. The number of anilines is 1. The molecule has 0 atom stereocenters. The molecule has 10 heteroatoms. The van der Waals surface area contributed by atoms with E-state index in [0.29, 0.717) is 30.1 Å². The van der Waals surface area contributed by atoms with E-state index in [1.807, 2.05) is 0 Å². The summed E-state index contributed by atoms with van der Waals surface area (Å²) in [5, 5.41) is 3.90. The maximum Gasteiger partial charge on any atom is 0.242 e. The van der Waals surface area contributed by atoms with Gasteiger partial charge in [-0.3, -0.25) is 4.79 Å². The normalized spacial score (nSPS) is 14.3. The van der Waals surface area contributed by atoms with Gasteiger partial charge in [-0.1, -0.05) is 17.3 Å². The Hall–Kier alpha value is -3.24. The van der Waals surface area contributed by atoms with E-state index in [-0.39, 0.29) is 23.2 Å². The zero-order valence-corrected chi connectivity index (χ0v) is 18.0.